The van der Waals surface area contributed by atoms with Crippen molar-refractivity contribution in [2.24, 2.45) is 5.92 Å². The fourth-order valence-corrected chi connectivity index (χ4v) is 8.13. The number of hydrogen-bond donors (Lipinski definition) is 2. The molecule has 2 heterocycles. The number of carbonyl (C=O) groups excluding carboxylic acids is 3. The fraction of sp³-hybridized carbons (Fsp3) is 0.381. The zero-order valence-electron chi connectivity index (χ0n) is 29.5. The molecule has 4 aromatic rings. The molecule has 1 aliphatic heterocycles. The van der Waals surface area contributed by atoms with E-state index in [2.05, 4.69) is 17.4 Å². The van der Waals surface area contributed by atoms with Crippen LogP contribution in [0.2, 0.25) is 0 Å². The Morgan fingerprint density at radius 1 is 0.865 bits per heavy atom. The van der Waals surface area contributed by atoms with Crippen LogP contribution in [-0.2, 0) is 20.7 Å². The number of ether oxygens (including phenoxy) is 1. The maximum Gasteiger partial charge on any atom is 0.407 e. The molecule has 3 amide bonds. The standard InChI is InChI=1S/C42H45N3O7/c1-27-17-22-38(52-27)40(47)45(25-29-10-3-2-4-11-29)30-20-18-28(19-21-30)24-36(39(46)44-23-9-16-37(44)41(48)49)43-42(50)51-26-35-33-14-7-5-12-31(33)32-13-6-8-15-34(32)35/h5-8,12-15,17-22,29,35-37H,2-4,9-11,16,23-26H2,1H3,(H,43,50)(H,48,49)/t36-,37?/m0/s1. The molecule has 1 unspecified atom stereocenters. The Kier molecular flexibility index (Phi) is 10.4. The number of nitrogens with one attached hydrogen (secondary N) is 1. The molecular weight excluding hydrogens is 658 g/mol. The molecule has 10 heteroatoms. The molecule has 270 valence electrons. The Bertz CT molecular complexity index is 1880. The molecule has 1 aromatic heterocycles. The first-order chi connectivity index (χ1) is 25.3. The lowest BCUT2D eigenvalue weighted by Gasteiger charge is -2.30. The van der Waals surface area contributed by atoms with Gasteiger partial charge in [-0.25, -0.2) is 9.59 Å². The van der Waals surface area contributed by atoms with E-state index >= 15 is 0 Å². The fourth-order valence-electron chi connectivity index (χ4n) is 8.13. The Labute approximate surface area is 303 Å². The number of furan rings is 1. The highest BCUT2D eigenvalue weighted by atomic mass is 16.5. The first kappa shape index (κ1) is 35.0. The summed E-state index contributed by atoms with van der Waals surface area (Å²) in [5, 5.41) is 12.6. The van der Waals surface area contributed by atoms with Crippen LogP contribution in [0.5, 0.6) is 0 Å². The third-order valence-corrected chi connectivity index (χ3v) is 10.8. The molecule has 2 N–H and O–H groups in total. The van der Waals surface area contributed by atoms with Gasteiger partial charge < -0.3 is 29.4 Å². The van der Waals surface area contributed by atoms with Crippen LogP contribution in [-0.4, -0.2) is 65.7 Å². The number of benzene rings is 3. The van der Waals surface area contributed by atoms with E-state index in [4.69, 9.17) is 9.15 Å². The number of nitrogens with zero attached hydrogens (tertiary/aromatic N) is 2. The quantitative estimate of drug-likeness (QED) is 0.167. The summed E-state index contributed by atoms with van der Waals surface area (Å²) in [6.07, 6.45) is 5.93. The molecule has 2 atom stereocenters. The number of alkyl carbamates (subject to hydrolysis) is 1. The van der Waals surface area contributed by atoms with Crippen molar-refractivity contribution >= 4 is 29.6 Å². The zero-order valence-corrected chi connectivity index (χ0v) is 29.5. The third kappa shape index (κ3) is 7.47. The lowest BCUT2D eigenvalue weighted by molar-refractivity contribution is -0.148. The molecule has 1 saturated heterocycles. The summed E-state index contributed by atoms with van der Waals surface area (Å²) in [4.78, 5) is 56.2. The van der Waals surface area contributed by atoms with Gasteiger partial charge in [-0.3, -0.25) is 9.59 Å². The summed E-state index contributed by atoms with van der Waals surface area (Å²) >= 11 is 0. The summed E-state index contributed by atoms with van der Waals surface area (Å²) in [5.74, 6) is -0.550. The number of carboxylic acid groups (broad SMARTS) is 1. The smallest absolute Gasteiger partial charge is 0.407 e. The molecule has 2 aliphatic carbocycles. The van der Waals surface area contributed by atoms with Crippen LogP contribution in [0, 0.1) is 12.8 Å². The predicted molar refractivity (Wildman–Crippen MR) is 196 cm³/mol. The number of fused-ring (bicyclic) bond motifs is 3. The van der Waals surface area contributed by atoms with E-state index in [-0.39, 0.29) is 30.6 Å². The topological polar surface area (TPSA) is 129 Å². The number of hydrogen-bond acceptors (Lipinski definition) is 6. The molecule has 0 radical (unpaired) electrons. The van der Waals surface area contributed by atoms with E-state index in [1.807, 2.05) is 67.6 Å². The maximum atomic E-state index is 14.0. The van der Waals surface area contributed by atoms with Gasteiger partial charge in [0.1, 0.15) is 24.5 Å². The molecule has 3 aromatic carbocycles. The van der Waals surface area contributed by atoms with Crippen LogP contribution >= 0.6 is 0 Å². The van der Waals surface area contributed by atoms with E-state index in [9.17, 15) is 24.3 Å². The van der Waals surface area contributed by atoms with Crippen molar-refractivity contribution in [1.82, 2.24) is 10.2 Å². The SMILES string of the molecule is Cc1ccc(C(=O)N(CC2CCCCC2)c2ccc(C[C@H](NC(=O)OCC3c4ccccc4-c4ccccc43)C(=O)N3CCCC3C(=O)O)cc2)o1. The molecule has 7 rings (SSSR count). The number of aliphatic carboxylic acids is 1. The summed E-state index contributed by atoms with van der Waals surface area (Å²) < 4.78 is 11.5. The Hall–Kier alpha value is -5.38. The second kappa shape index (κ2) is 15.5. The van der Waals surface area contributed by atoms with Gasteiger partial charge in [0.15, 0.2) is 5.76 Å². The average Bonchev–Trinajstić information content (AvgIpc) is 3.91. The Morgan fingerprint density at radius 2 is 1.54 bits per heavy atom. The normalized spacial score (nSPS) is 17.6. The summed E-state index contributed by atoms with van der Waals surface area (Å²) in [5.41, 5.74) is 5.82. The number of carbonyl (C=O) groups is 4. The van der Waals surface area contributed by atoms with Crippen molar-refractivity contribution < 1.29 is 33.4 Å². The number of amides is 3. The van der Waals surface area contributed by atoms with Gasteiger partial charge in [0, 0.05) is 31.1 Å². The van der Waals surface area contributed by atoms with E-state index < -0.39 is 30.1 Å². The van der Waals surface area contributed by atoms with E-state index in [1.165, 1.54) is 11.3 Å². The van der Waals surface area contributed by atoms with Gasteiger partial charge in [-0.1, -0.05) is 79.9 Å². The van der Waals surface area contributed by atoms with Gasteiger partial charge in [0.2, 0.25) is 5.91 Å². The van der Waals surface area contributed by atoms with Crippen molar-refractivity contribution in [3.8, 4) is 11.1 Å². The summed E-state index contributed by atoms with van der Waals surface area (Å²) in [7, 11) is 0. The van der Waals surface area contributed by atoms with Gasteiger partial charge in [-0.15, -0.1) is 0 Å². The number of anilines is 1. The zero-order chi connectivity index (χ0) is 36.2. The molecule has 0 spiro atoms. The molecular formula is C42H45N3O7. The van der Waals surface area contributed by atoms with Gasteiger partial charge >= 0.3 is 12.1 Å². The minimum atomic E-state index is -1.07. The third-order valence-electron chi connectivity index (χ3n) is 10.8. The molecule has 52 heavy (non-hydrogen) atoms. The van der Waals surface area contributed by atoms with Crippen LogP contribution in [0.15, 0.2) is 89.3 Å². The van der Waals surface area contributed by atoms with Crippen LogP contribution in [0.4, 0.5) is 10.5 Å². The average molecular weight is 704 g/mol. The van der Waals surface area contributed by atoms with Crippen molar-refractivity contribution in [2.45, 2.75) is 76.3 Å². The molecule has 10 nitrogen and oxygen atoms in total. The molecule has 0 bridgehead atoms. The lowest BCUT2D eigenvalue weighted by Crippen LogP contribution is -2.52. The van der Waals surface area contributed by atoms with Gasteiger partial charge in [-0.05, 0) is 90.6 Å². The highest BCUT2D eigenvalue weighted by Gasteiger charge is 2.38. The highest BCUT2D eigenvalue weighted by Crippen LogP contribution is 2.44. The van der Waals surface area contributed by atoms with Gasteiger partial charge in [-0.2, -0.15) is 0 Å². The minimum absolute atomic E-state index is 0.0803. The minimum Gasteiger partial charge on any atom is -0.480 e. The number of aryl methyl sites for hydroxylation is 1. The van der Waals surface area contributed by atoms with Crippen molar-refractivity contribution in [3.05, 3.63) is 113 Å². The lowest BCUT2D eigenvalue weighted by atomic mass is 9.88. The molecule has 1 saturated carbocycles. The van der Waals surface area contributed by atoms with Gasteiger partial charge in [0.25, 0.3) is 5.91 Å². The number of carboxylic acids is 1. The Morgan fingerprint density at radius 3 is 2.17 bits per heavy atom. The van der Waals surface area contributed by atoms with Crippen molar-refractivity contribution in [1.29, 1.82) is 0 Å². The van der Waals surface area contributed by atoms with Crippen LogP contribution in [0.25, 0.3) is 11.1 Å². The largest absolute Gasteiger partial charge is 0.480 e. The molecule has 3 aliphatic rings. The first-order valence-electron chi connectivity index (χ1n) is 18.4. The van der Waals surface area contributed by atoms with Crippen LogP contribution in [0.1, 0.15) is 83.9 Å². The van der Waals surface area contributed by atoms with Crippen molar-refractivity contribution in [2.75, 3.05) is 24.6 Å². The second-order valence-electron chi connectivity index (χ2n) is 14.3. The summed E-state index contributed by atoms with van der Waals surface area (Å²) in [6.45, 7) is 2.76. The van der Waals surface area contributed by atoms with E-state index in [0.29, 0.717) is 43.3 Å². The van der Waals surface area contributed by atoms with Crippen LogP contribution < -0.4 is 10.2 Å². The summed E-state index contributed by atoms with van der Waals surface area (Å²) in [6, 6.07) is 25.0. The van der Waals surface area contributed by atoms with E-state index in [0.717, 1.165) is 53.5 Å². The Balaban J connectivity index is 1.09. The van der Waals surface area contributed by atoms with Gasteiger partial charge in [0.05, 0.1) is 0 Å². The first-order valence-corrected chi connectivity index (χ1v) is 18.4. The molecule has 2 fully saturated rings. The number of likely N-dealkylation sites (tertiary alicyclic amines) is 1. The predicted octanol–water partition coefficient (Wildman–Crippen LogP) is 7.34. The maximum absolute atomic E-state index is 14.0. The monoisotopic (exact) mass is 703 g/mol. The second-order valence-corrected chi connectivity index (χ2v) is 14.3. The highest BCUT2D eigenvalue weighted by molar-refractivity contribution is 6.04. The van der Waals surface area contributed by atoms with Crippen LogP contribution in [0.3, 0.4) is 0 Å². The number of rotatable bonds is 11. The van der Waals surface area contributed by atoms with Crippen molar-refractivity contribution in [3.63, 3.8) is 0 Å². The van der Waals surface area contributed by atoms with E-state index in [1.54, 1.807) is 17.0 Å².